The maximum Gasteiger partial charge on any atom is 0.273 e. The Balaban J connectivity index is 2.91. The molecule has 54 valence electrons. The van der Waals surface area contributed by atoms with Crippen LogP contribution in [0.25, 0.3) is 11.0 Å². The van der Waals surface area contributed by atoms with Crippen molar-refractivity contribution in [2.45, 2.75) is 0 Å². The third kappa shape index (κ3) is 0.861. The Morgan fingerprint density at radius 2 is 2.36 bits per heavy atom. The van der Waals surface area contributed by atoms with Crippen LogP contribution in [0.5, 0.6) is 0 Å². The van der Waals surface area contributed by atoms with Gasteiger partial charge in [-0.1, -0.05) is 0 Å². The molecule has 2 heterocycles. The number of fused-ring (bicyclic) bond motifs is 1. The monoisotopic (exact) mass is 148 g/mol. The third-order valence-corrected chi connectivity index (χ3v) is 1.34. The zero-order valence-corrected chi connectivity index (χ0v) is 5.51. The van der Waals surface area contributed by atoms with Crippen molar-refractivity contribution in [2.75, 3.05) is 0 Å². The molecule has 2 aromatic rings. The number of hydrogen-bond donors (Lipinski definition) is 0. The van der Waals surface area contributed by atoms with E-state index in [9.17, 15) is 5.21 Å². The van der Waals surface area contributed by atoms with Crippen molar-refractivity contribution in [3.63, 3.8) is 0 Å². The van der Waals surface area contributed by atoms with Crippen LogP contribution in [0.3, 0.4) is 0 Å². The largest absolute Gasteiger partial charge is 0.594 e. The second-order valence-electron chi connectivity index (χ2n) is 2.00. The second-order valence-corrected chi connectivity index (χ2v) is 2.00. The van der Waals surface area contributed by atoms with E-state index in [4.69, 9.17) is 0 Å². The first-order chi connectivity index (χ1) is 5.38. The Kier molecular flexibility index (Phi) is 1.15. The molecule has 0 amide bonds. The summed E-state index contributed by atoms with van der Waals surface area (Å²) in [5, 5.41) is 14.3. The van der Waals surface area contributed by atoms with Gasteiger partial charge < -0.3 is 5.21 Å². The first-order valence-electron chi connectivity index (χ1n) is 3.02. The highest BCUT2D eigenvalue weighted by Gasteiger charge is 2.02. The van der Waals surface area contributed by atoms with Gasteiger partial charge in [-0.05, 0) is 4.85 Å². The zero-order valence-electron chi connectivity index (χ0n) is 5.51. The molecule has 0 aromatic carbocycles. The Hall–Kier alpha value is -1.78. The molecule has 11 heavy (non-hydrogen) atoms. The van der Waals surface area contributed by atoms with Crippen LogP contribution >= 0.6 is 0 Å². The lowest BCUT2D eigenvalue weighted by Crippen LogP contribution is -2.31. The van der Waals surface area contributed by atoms with Gasteiger partial charge in [-0.25, -0.2) is 4.98 Å². The smallest absolute Gasteiger partial charge is 0.273 e. The van der Waals surface area contributed by atoms with Crippen molar-refractivity contribution in [3.05, 3.63) is 30.0 Å². The standard InChI is InChI=1S/C6H4N4O/c11-10-6-1-2-7-3-5(6)8-4-9-10/h1-4H. The Morgan fingerprint density at radius 3 is 3.18 bits per heavy atom. The minimum Gasteiger partial charge on any atom is -0.594 e. The van der Waals surface area contributed by atoms with Crippen molar-refractivity contribution in [1.82, 2.24) is 15.1 Å². The van der Waals surface area contributed by atoms with E-state index < -0.39 is 0 Å². The summed E-state index contributed by atoms with van der Waals surface area (Å²) in [4.78, 5) is 8.18. The van der Waals surface area contributed by atoms with E-state index in [0.29, 0.717) is 15.9 Å². The average Bonchev–Trinajstić information content (AvgIpc) is 2.06. The van der Waals surface area contributed by atoms with Gasteiger partial charge in [-0.15, -0.1) is 0 Å². The molecule has 0 unspecified atom stereocenters. The topological polar surface area (TPSA) is 65.6 Å². The van der Waals surface area contributed by atoms with Gasteiger partial charge in [0.2, 0.25) is 0 Å². The fourth-order valence-corrected chi connectivity index (χ4v) is 0.837. The summed E-state index contributed by atoms with van der Waals surface area (Å²) < 4.78 is 0. The van der Waals surface area contributed by atoms with Crippen LogP contribution in [0.15, 0.2) is 24.8 Å². The van der Waals surface area contributed by atoms with Crippen LogP contribution in [0.4, 0.5) is 0 Å². The van der Waals surface area contributed by atoms with Gasteiger partial charge in [-0.2, -0.15) is 0 Å². The van der Waals surface area contributed by atoms with Crippen LogP contribution in [0, 0.1) is 5.21 Å². The lowest BCUT2D eigenvalue weighted by molar-refractivity contribution is -0.643. The fourth-order valence-electron chi connectivity index (χ4n) is 0.837. The molecule has 0 fully saturated rings. The van der Waals surface area contributed by atoms with Crippen molar-refractivity contribution >= 4 is 11.0 Å². The lowest BCUT2D eigenvalue weighted by Gasteiger charge is -1.94. The van der Waals surface area contributed by atoms with Gasteiger partial charge in [0, 0.05) is 17.4 Å². The number of pyridine rings is 1. The Labute approximate surface area is 61.9 Å². The highest BCUT2D eigenvalue weighted by atomic mass is 16.5. The van der Waals surface area contributed by atoms with Crippen molar-refractivity contribution in [1.29, 1.82) is 0 Å². The van der Waals surface area contributed by atoms with Gasteiger partial charge in [0.05, 0.1) is 6.20 Å². The summed E-state index contributed by atoms with van der Waals surface area (Å²) >= 11 is 0. The van der Waals surface area contributed by atoms with Gasteiger partial charge >= 0.3 is 0 Å². The number of nitrogens with zero attached hydrogens (tertiary/aromatic N) is 4. The van der Waals surface area contributed by atoms with Gasteiger partial charge in [-0.3, -0.25) is 4.98 Å². The SMILES string of the molecule is [O-][n+]1ncnc2cnccc21. The molecular formula is C6H4N4O. The molecule has 0 radical (unpaired) electrons. The van der Waals surface area contributed by atoms with Gasteiger partial charge in [0.1, 0.15) is 0 Å². The summed E-state index contributed by atoms with van der Waals surface area (Å²) in [7, 11) is 0. The lowest BCUT2D eigenvalue weighted by atomic mass is 10.4. The Bertz CT molecular complexity index is 384. The summed E-state index contributed by atoms with van der Waals surface area (Å²) in [5.41, 5.74) is 0.986. The maximum atomic E-state index is 10.9. The van der Waals surface area contributed by atoms with E-state index in [0.717, 1.165) is 0 Å². The molecule has 0 atom stereocenters. The van der Waals surface area contributed by atoms with Crippen molar-refractivity contribution < 1.29 is 4.85 Å². The number of aromatic nitrogens is 4. The molecule has 0 aliphatic heterocycles. The van der Waals surface area contributed by atoms with Gasteiger partial charge in [0.25, 0.3) is 5.52 Å². The molecule has 0 saturated heterocycles. The van der Waals surface area contributed by atoms with Crippen LogP contribution in [0.2, 0.25) is 0 Å². The molecule has 0 aliphatic carbocycles. The van der Waals surface area contributed by atoms with E-state index in [1.54, 1.807) is 6.07 Å². The van der Waals surface area contributed by atoms with E-state index in [2.05, 4.69) is 15.1 Å². The molecule has 5 heteroatoms. The molecule has 0 aliphatic rings. The van der Waals surface area contributed by atoms with E-state index in [1.165, 1.54) is 18.7 Å². The van der Waals surface area contributed by atoms with Crippen LogP contribution in [-0.4, -0.2) is 15.1 Å². The first kappa shape index (κ1) is 5.96. The number of rotatable bonds is 0. The van der Waals surface area contributed by atoms with Crippen molar-refractivity contribution in [3.8, 4) is 0 Å². The minimum atomic E-state index is 0.433. The molecule has 0 N–H and O–H groups in total. The summed E-state index contributed by atoms with van der Waals surface area (Å²) in [5.74, 6) is 0. The first-order valence-corrected chi connectivity index (χ1v) is 3.02. The number of hydrogen-bond acceptors (Lipinski definition) is 4. The highest BCUT2D eigenvalue weighted by molar-refractivity contribution is 5.68. The van der Waals surface area contributed by atoms with Gasteiger partial charge in [0.15, 0.2) is 11.8 Å². The van der Waals surface area contributed by atoms with E-state index in [-0.39, 0.29) is 0 Å². The van der Waals surface area contributed by atoms with E-state index >= 15 is 0 Å². The second kappa shape index (κ2) is 2.12. The fraction of sp³-hybridized carbons (Fsp3) is 0. The summed E-state index contributed by atoms with van der Waals surface area (Å²) in [6.07, 6.45) is 4.25. The molecule has 2 rings (SSSR count). The molecule has 5 nitrogen and oxygen atoms in total. The zero-order chi connectivity index (χ0) is 7.68. The van der Waals surface area contributed by atoms with Crippen LogP contribution in [-0.2, 0) is 0 Å². The molecule has 2 aromatic heterocycles. The highest BCUT2D eigenvalue weighted by Crippen LogP contribution is 1.99. The summed E-state index contributed by atoms with van der Waals surface area (Å²) in [6.45, 7) is 0. The third-order valence-electron chi connectivity index (χ3n) is 1.34. The molecule has 0 saturated carbocycles. The minimum absolute atomic E-state index is 0.433. The molecular weight excluding hydrogens is 144 g/mol. The predicted octanol–water partition coefficient (Wildman–Crippen LogP) is -0.342. The average molecular weight is 148 g/mol. The normalized spacial score (nSPS) is 10.2. The van der Waals surface area contributed by atoms with Crippen LogP contribution < -0.4 is 4.85 Å². The molecule has 0 bridgehead atoms. The maximum absolute atomic E-state index is 10.9. The predicted molar refractivity (Wildman–Crippen MR) is 36.3 cm³/mol. The van der Waals surface area contributed by atoms with E-state index in [1.807, 2.05) is 0 Å². The quantitative estimate of drug-likeness (QED) is 0.378. The molecule has 0 spiro atoms. The Morgan fingerprint density at radius 1 is 1.45 bits per heavy atom. The summed E-state index contributed by atoms with van der Waals surface area (Å²) in [6, 6.07) is 1.57. The van der Waals surface area contributed by atoms with Crippen molar-refractivity contribution in [2.24, 2.45) is 0 Å². The van der Waals surface area contributed by atoms with Crippen LogP contribution in [0.1, 0.15) is 0 Å².